The highest BCUT2D eigenvalue weighted by molar-refractivity contribution is 8.58. The van der Waals surface area contributed by atoms with Crippen molar-refractivity contribution in [2.24, 2.45) is 5.73 Å². The van der Waals surface area contributed by atoms with Gasteiger partial charge in [0.25, 0.3) is 5.91 Å². The van der Waals surface area contributed by atoms with Crippen molar-refractivity contribution in [3.63, 3.8) is 0 Å². The first kappa shape index (κ1) is 17.9. The molecule has 0 aliphatic carbocycles. The molecule has 0 aromatic rings. The third-order valence-corrected chi connectivity index (χ3v) is 4.51. The fourth-order valence-electron chi connectivity index (χ4n) is 0.865. The number of amides is 2. The third kappa shape index (κ3) is 5.21. The van der Waals surface area contributed by atoms with Gasteiger partial charge in [0.05, 0.1) is 0 Å². The molecule has 0 rings (SSSR count). The largest absolute Gasteiger partial charge is 0.382 e. The van der Waals surface area contributed by atoms with Gasteiger partial charge < -0.3 is 5.73 Å². The van der Waals surface area contributed by atoms with E-state index in [2.05, 4.69) is 5.73 Å². The molecular formula is C3H4F10N2O2S2. The number of nitrogens with zero attached hydrogens (tertiary/aromatic N) is 1. The second-order valence-electron chi connectivity index (χ2n) is 3.15. The maximum atomic E-state index is 11.9. The Kier molecular flexibility index (Phi) is 2.68. The van der Waals surface area contributed by atoms with Gasteiger partial charge in [0.1, 0.15) is 6.42 Å². The van der Waals surface area contributed by atoms with Gasteiger partial charge in [-0.05, 0) is 0 Å². The van der Waals surface area contributed by atoms with Gasteiger partial charge in [-0.25, -0.2) is 0 Å². The number of hydrogen-bond acceptors (Lipinski definition) is 2. The highest BCUT2D eigenvalue weighted by Gasteiger charge is 2.89. The topological polar surface area (TPSA) is 63.4 Å². The van der Waals surface area contributed by atoms with Gasteiger partial charge in [-0.15, -0.1) is 0 Å². The molecule has 0 bridgehead atoms. The summed E-state index contributed by atoms with van der Waals surface area (Å²) in [6, 6.07) is 0. The molecule has 0 heterocycles. The van der Waals surface area contributed by atoms with Crippen LogP contribution in [0.15, 0.2) is 0 Å². The Morgan fingerprint density at radius 2 is 1.05 bits per heavy atom. The molecule has 0 saturated heterocycles. The van der Waals surface area contributed by atoms with E-state index >= 15 is 0 Å². The molecule has 0 aliphatic rings. The molecule has 0 spiro atoms. The fourth-order valence-corrected chi connectivity index (χ4v) is 3.89. The molecule has 19 heavy (non-hydrogen) atoms. The highest BCUT2D eigenvalue weighted by Crippen LogP contribution is 3.14. The summed E-state index contributed by atoms with van der Waals surface area (Å²) in [5, 5.41) is 0. The summed E-state index contributed by atoms with van der Waals surface area (Å²) in [6.45, 7) is 0. The monoisotopic (exact) mass is 354 g/mol. The number of rotatable bonds is 4. The third-order valence-electron chi connectivity index (χ3n) is 1.16. The van der Waals surface area contributed by atoms with Crippen molar-refractivity contribution in [3.8, 4) is 0 Å². The summed E-state index contributed by atoms with van der Waals surface area (Å²) >= 11 is 0. The van der Waals surface area contributed by atoms with Gasteiger partial charge in [-0.2, -0.15) is 0 Å². The Hall–Kier alpha value is -1.06. The lowest BCUT2D eigenvalue weighted by Gasteiger charge is -2.58. The second kappa shape index (κ2) is 2.84. The molecule has 120 valence electrons. The van der Waals surface area contributed by atoms with E-state index in [0.29, 0.717) is 0 Å². The van der Waals surface area contributed by atoms with Crippen molar-refractivity contribution in [3.05, 3.63) is 0 Å². The van der Waals surface area contributed by atoms with Crippen LogP contribution < -0.4 is 5.73 Å². The SMILES string of the molecule is NC(=O)CC(=O)N(S(F)(F)(F)(F)F)S(F)(F)(F)(F)F. The molecule has 0 radical (unpaired) electrons. The Morgan fingerprint density at radius 3 is 1.21 bits per heavy atom. The molecule has 0 atom stereocenters. The van der Waals surface area contributed by atoms with Crippen molar-refractivity contribution in [1.82, 2.24) is 3.71 Å². The summed E-state index contributed by atoms with van der Waals surface area (Å²) < 4.78 is 115. The van der Waals surface area contributed by atoms with Crippen molar-refractivity contribution < 1.29 is 48.4 Å². The van der Waals surface area contributed by atoms with Crippen LogP contribution in [-0.4, -0.2) is 15.5 Å². The van der Waals surface area contributed by atoms with Crippen LogP contribution in [0.5, 0.6) is 0 Å². The van der Waals surface area contributed by atoms with Crippen LogP contribution in [0.4, 0.5) is 38.9 Å². The van der Waals surface area contributed by atoms with Gasteiger partial charge in [0.15, 0.2) is 0 Å². The zero-order valence-corrected chi connectivity index (χ0v) is 9.78. The predicted molar refractivity (Wildman–Crippen MR) is 46.9 cm³/mol. The zero-order valence-electron chi connectivity index (χ0n) is 8.14. The average Bonchev–Trinajstić information content (AvgIpc) is 1.64. The van der Waals surface area contributed by atoms with E-state index in [1.165, 1.54) is 0 Å². The van der Waals surface area contributed by atoms with Crippen LogP contribution in [0, 0.1) is 0 Å². The van der Waals surface area contributed by atoms with Gasteiger partial charge in [-0.1, -0.05) is 42.6 Å². The first-order chi connectivity index (χ1) is 7.44. The van der Waals surface area contributed by atoms with Crippen molar-refractivity contribution in [2.45, 2.75) is 6.42 Å². The minimum atomic E-state index is -12.2. The number of hydrogen-bond donors (Lipinski definition) is 1. The van der Waals surface area contributed by atoms with Gasteiger partial charge >= 0.3 is 20.8 Å². The Morgan fingerprint density at radius 1 is 0.789 bits per heavy atom. The zero-order chi connectivity index (χ0) is 16.3. The van der Waals surface area contributed by atoms with Crippen LogP contribution in [0.2, 0.25) is 0 Å². The summed E-state index contributed by atoms with van der Waals surface area (Å²) in [7, 11) is -24.3. The Bertz CT molecular complexity index is 415. The molecule has 0 aliphatic heterocycles. The van der Waals surface area contributed by atoms with Crippen molar-refractivity contribution >= 4 is 32.6 Å². The number of nitrogens with two attached hydrogens (primary N) is 1. The van der Waals surface area contributed by atoms with Gasteiger partial charge in [0, 0.05) is 0 Å². The van der Waals surface area contributed by atoms with E-state index in [9.17, 15) is 48.4 Å². The lowest BCUT2D eigenvalue weighted by Crippen LogP contribution is -2.46. The van der Waals surface area contributed by atoms with Crippen LogP contribution in [0.1, 0.15) is 6.42 Å². The fraction of sp³-hybridized carbons (Fsp3) is 0.333. The first-order valence-corrected chi connectivity index (χ1v) is 7.35. The standard InChI is InChI=1S/C3H4F10N2O2S2/c4-18(5,6,7,8)15(3(17)1-2(14)16)19(9,10,11,12)13/h1H2,(H2,14,16). The molecule has 0 unspecified atom stereocenters. The minimum absolute atomic E-state index is 2.24. The number of halogens is 10. The molecule has 0 aromatic carbocycles. The summed E-state index contributed by atoms with van der Waals surface area (Å²) in [5.74, 6) is -6.15. The molecule has 0 aromatic heterocycles. The minimum Gasteiger partial charge on any atom is -0.369 e. The normalized spacial score (nSPS) is 20.5. The molecule has 2 N–H and O–H groups in total. The smallest absolute Gasteiger partial charge is 0.369 e. The lowest BCUT2D eigenvalue weighted by atomic mass is 10.4. The lowest BCUT2D eigenvalue weighted by molar-refractivity contribution is -0.130. The molecule has 0 saturated carbocycles. The summed E-state index contributed by atoms with van der Waals surface area (Å²) in [6.07, 6.45) is -2.63. The average molecular weight is 354 g/mol. The highest BCUT2D eigenvalue weighted by atomic mass is 32.5. The van der Waals surface area contributed by atoms with Gasteiger partial charge in [0.2, 0.25) is 5.91 Å². The van der Waals surface area contributed by atoms with Crippen molar-refractivity contribution in [1.29, 1.82) is 0 Å². The second-order valence-corrected chi connectivity index (χ2v) is 7.82. The maximum Gasteiger partial charge on any atom is 0.382 e. The molecular weight excluding hydrogens is 350 g/mol. The predicted octanol–water partition coefficient (Wildman–Crippen LogP) is 4.12. The number of carbonyl (C=O) groups is 2. The van der Waals surface area contributed by atoms with E-state index < -0.39 is 42.8 Å². The summed E-state index contributed by atoms with van der Waals surface area (Å²) in [4.78, 5) is 20.3. The van der Waals surface area contributed by atoms with E-state index in [1.807, 2.05) is 0 Å². The summed E-state index contributed by atoms with van der Waals surface area (Å²) in [5.41, 5.74) is 4.01. The van der Waals surface area contributed by atoms with Gasteiger partial charge in [-0.3, -0.25) is 9.59 Å². The molecule has 0 fully saturated rings. The maximum absolute atomic E-state index is 12.2. The number of carbonyl (C=O) groups excluding carboxylic acids is 2. The van der Waals surface area contributed by atoms with E-state index in [1.54, 1.807) is 0 Å². The Labute approximate surface area is 97.8 Å². The van der Waals surface area contributed by atoms with Crippen LogP contribution in [0.25, 0.3) is 0 Å². The van der Waals surface area contributed by atoms with E-state index in [-0.39, 0.29) is 0 Å². The molecule has 16 heteroatoms. The Balaban J connectivity index is 6.33. The quantitative estimate of drug-likeness (QED) is 0.610. The first-order valence-electron chi connectivity index (χ1n) is 3.54. The van der Waals surface area contributed by atoms with Crippen LogP contribution in [0.3, 0.4) is 0 Å². The van der Waals surface area contributed by atoms with Crippen LogP contribution >= 0.6 is 20.8 Å². The van der Waals surface area contributed by atoms with Crippen LogP contribution in [-0.2, 0) is 9.59 Å². The molecule has 4 nitrogen and oxygen atoms in total. The van der Waals surface area contributed by atoms with Crippen molar-refractivity contribution in [2.75, 3.05) is 0 Å². The van der Waals surface area contributed by atoms with E-state index in [4.69, 9.17) is 0 Å². The molecule has 2 amide bonds. The number of primary amides is 1. The van der Waals surface area contributed by atoms with E-state index in [0.717, 1.165) is 0 Å².